The topological polar surface area (TPSA) is 55.3 Å². The van der Waals surface area contributed by atoms with Crippen molar-refractivity contribution in [2.24, 2.45) is 5.73 Å². The number of nitrogens with zero attached hydrogens (tertiary/aromatic N) is 2. The zero-order valence-electron chi connectivity index (χ0n) is 8.86. The van der Waals surface area contributed by atoms with Crippen LogP contribution in [-0.4, -0.2) is 30.1 Å². The molecule has 0 bridgehead atoms. The molecule has 2 N–H and O–H groups in total. The van der Waals surface area contributed by atoms with Gasteiger partial charge in [-0.05, 0) is 13.2 Å². The molecular weight excluding hydrogens is 198 g/mol. The molecule has 0 saturated carbocycles. The minimum atomic E-state index is 0.411. The predicted molar refractivity (Wildman–Crippen MR) is 60.6 cm³/mol. The predicted octanol–water partition coefficient (Wildman–Crippen LogP) is 1.32. The molecule has 5 heteroatoms. The monoisotopic (exact) mass is 215 g/mol. The Hall–Kier alpha value is -0.680. The molecule has 0 aliphatic heterocycles. The molecule has 0 fully saturated rings. The summed E-state index contributed by atoms with van der Waals surface area (Å²) in [6.07, 6.45) is 3.70. The molecule has 0 aromatic carbocycles. The maximum Gasteiger partial charge on any atom is 0.297 e. The Morgan fingerprint density at radius 3 is 2.93 bits per heavy atom. The molecule has 1 aromatic heterocycles. The van der Waals surface area contributed by atoms with Gasteiger partial charge in [0.15, 0.2) is 0 Å². The lowest BCUT2D eigenvalue weighted by atomic mass is 10.4. The van der Waals surface area contributed by atoms with Crippen LogP contribution < -0.4 is 10.6 Å². The number of oxazole rings is 1. The third-order valence-corrected chi connectivity index (χ3v) is 2.94. The van der Waals surface area contributed by atoms with E-state index in [0.717, 1.165) is 11.4 Å². The van der Waals surface area contributed by atoms with Gasteiger partial charge in [0.1, 0.15) is 6.26 Å². The van der Waals surface area contributed by atoms with Gasteiger partial charge < -0.3 is 15.1 Å². The van der Waals surface area contributed by atoms with E-state index in [0.29, 0.717) is 18.6 Å². The van der Waals surface area contributed by atoms with Crippen molar-refractivity contribution in [1.29, 1.82) is 0 Å². The van der Waals surface area contributed by atoms with Crippen LogP contribution in [-0.2, 0) is 6.54 Å². The van der Waals surface area contributed by atoms with Crippen LogP contribution in [0.3, 0.4) is 0 Å². The molecule has 0 aliphatic rings. The van der Waals surface area contributed by atoms with E-state index in [2.05, 4.69) is 18.2 Å². The maximum absolute atomic E-state index is 5.45. The summed E-state index contributed by atoms with van der Waals surface area (Å²) in [7, 11) is 1.98. The van der Waals surface area contributed by atoms with Gasteiger partial charge in [0.25, 0.3) is 6.01 Å². The Labute approximate surface area is 88.9 Å². The highest BCUT2D eigenvalue weighted by Crippen LogP contribution is 2.15. The molecule has 1 unspecified atom stereocenters. The standard InChI is InChI=1S/C9H17N3OS/c1-7(6-14-3)12(2)9-11-8(4-10)5-13-9/h5,7H,4,6,10H2,1-3H3. The van der Waals surface area contributed by atoms with Crippen LogP contribution in [0, 0.1) is 0 Å². The Morgan fingerprint density at radius 2 is 2.43 bits per heavy atom. The Balaban J connectivity index is 2.63. The van der Waals surface area contributed by atoms with E-state index in [1.165, 1.54) is 0 Å². The first-order valence-electron chi connectivity index (χ1n) is 4.55. The van der Waals surface area contributed by atoms with Crippen molar-refractivity contribution in [3.8, 4) is 0 Å². The van der Waals surface area contributed by atoms with Crippen LogP contribution >= 0.6 is 11.8 Å². The van der Waals surface area contributed by atoms with E-state index < -0.39 is 0 Å². The highest BCUT2D eigenvalue weighted by atomic mass is 32.2. The zero-order valence-corrected chi connectivity index (χ0v) is 9.67. The van der Waals surface area contributed by atoms with Crippen LogP contribution in [0.2, 0.25) is 0 Å². The van der Waals surface area contributed by atoms with Gasteiger partial charge in [0.2, 0.25) is 0 Å². The molecule has 0 amide bonds. The summed E-state index contributed by atoms with van der Waals surface area (Å²) in [6, 6.07) is 1.06. The Morgan fingerprint density at radius 1 is 1.71 bits per heavy atom. The molecule has 0 aliphatic carbocycles. The summed E-state index contributed by atoms with van der Waals surface area (Å²) in [4.78, 5) is 6.28. The summed E-state index contributed by atoms with van der Waals surface area (Å²) in [5.41, 5.74) is 6.25. The lowest BCUT2D eigenvalue weighted by Crippen LogP contribution is -2.31. The van der Waals surface area contributed by atoms with Crippen LogP contribution in [0.4, 0.5) is 6.01 Å². The van der Waals surface area contributed by atoms with Gasteiger partial charge in [-0.15, -0.1) is 0 Å². The average molecular weight is 215 g/mol. The lowest BCUT2D eigenvalue weighted by molar-refractivity contribution is 0.530. The molecule has 1 heterocycles. The quantitative estimate of drug-likeness (QED) is 0.803. The molecule has 0 radical (unpaired) electrons. The van der Waals surface area contributed by atoms with E-state index in [1.807, 2.05) is 23.7 Å². The highest BCUT2D eigenvalue weighted by molar-refractivity contribution is 7.98. The largest absolute Gasteiger partial charge is 0.432 e. The van der Waals surface area contributed by atoms with Crippen molar-refractivity contribution in [2.45, 2.75) is 19.5 Å². The van der Waals surface area contributed by atoms with Crippen molar-refractivity contribution in [1.82, 2.24) is 4.98 Å². The summed E-state index contributed by atoms with van der Waals surface area (Å²) in [5.74, 6) is 1.05. The minimum Gasteiger partial charge on any atom is -0.432 e. The number of anilines is 1. The van der Waals surface area contributed by atoms with E-state index in [9.17, 15) is 0 Å². The number of rotatable bonds is 5. The second-order valence-corrected chi connectivity index (χ2v) is 4.15. The fourth-order valence-electron chi connectivity index (χ4n) is 1.09. The summed E-state index contributed by atoms with van der Waals surface area (Å²) < 4.78 is 5.31. The second-order valence-electron chi connectivity index (χ2n) is 3.24. The number of hydrogen-bond acceptors (Lipinski definition) is 5. The van der Waals surface area contributed by atoms with Gasteiger partial charge in [-0.25, -0.2) is 0 Å². The molecule has 4 nitrogen and oxygen atoms in total. The first-order valence-corrected chi connectivity index (χ1v) is 5.94. The maximum atomic E-state index is 5.45. The average Bonchev–Trinajstić information content (AvgIpc) is 2.65. The third kappa shape index (κ3) is 2.65. The van der Waals surface area contributed by atoms with Crippen LogP contribution in [0.1, 0.15) is 12.6 Å². The molecule has 1 aromatic rings. The molecule has 0 saturated heterocycles. The smallest absolute Gasteiger partial charge is 0.297 e. The van der Waals surface area contributed by atoms with E-state index in [-0.39, 0.29) is 0 Å². The molecule has 14 heavy (non-hydrogen) atoms. The van der Waals surface area contributed by atoms with Crippen molar-refractivity contribution in [3.05, 3.63) is 12.0 Å². The fourth-order valence-corrected chi connectivity index (χ4v) is 1.80. The molecule has 1 atom stereocenters. The van der Waals surface area contributed by atoms with Crippen LogP contribution in [0.25, 0.3) is 0 Å². The van der Waals surface area contributed by atoms with E-state index >= 15 is 0 Å². The van der Waals surface area contributed by atoms with Gasteiger partial charge in [-0.3, -0.25) is 0 Å². The van der Waals surface area contributed by atoms with E-state index in [1.54, 1.807) is 6.26 Å². The van der Waals surface area contributed by atoms with Crippen molar-refractivity contribution >= 4 is 17.8 Å². The van der Waals surface area contributed by atoms with Crippen molar-refractivity contribution in [2.75, 3.05) is 24.0 Å². The van der Waals surface area contributed by atoms with Gasteiger partial charge in [0.05, 0.1) is 5.69 Å². The number of thioether (sulfide) groups is 1. The number of nitrogens with two attached hydrogens (primary N) is 1. The van der Waals surface area contributed by atoms with Crippen LogP contribution in [0.15, 0.2) is 10.7 Å². The van der Waals surface area contributed by atoms with Crippen molar-refractivity contribution in [3.63, 3.8) is 0 Å². The van der Waals surface area contributed by atoms with E-state index in [4.69, 9.17) is 10.2 Å². The normalized spacial score (nSPS) is 12.9. The second kappa shape index (κ2) is 5.26. The van der Waals surface area contributed by atoms with Gasteiger partial charge in [-0.2, -0.15) is 16.7 Å². The first-order chi connectivity index (χ1) is 6.69. The fraction of sp³-hybridized carbons (Fsp3) is 0.667. The zero-order chi connectivity index (χ0) is 10.6. The highest BCUT2D eigenvalue weighted by Gasteiger charge is 2.14. The SMILES string of the molecule is CSCC(C)N(C)c1nc(CN)co1. The number of aromatic nitrogens is 1. The van der Waals surface area contributed by atoms with Gasteiger partial charge >= 0.3 is 0 Å². The van der Waals surface area contributed by atoms with Gasteiger partial charge in [0, 0.05) is 25.4 Å². The van der Waals surface area contributed by atoms with Crippen molar-refractivity contribution < 1.29 is 4.42 Å². The molecule has 80 valence electrons. The third-order valence-electron chi connectivity index (χ3n) is 2.12. The molecule has 1 rings (SSSR count). The molecule has 0 spiro atoms. The lowest BCUT2D eigenvalue weighted by Gasteiger charge is -2.21. The Kier molecular flexibility index (Phi) is 4.28. The van der Waals surface area contributed by atoms with Crippen LogP contribution in [0.5, 0.6) is 0 Å². The number of hydrogen-bond donors (Lipinski definition) is 1. The minimum absolute atomic E-state index is 0.411. The summed E-state index contributed by atoms with van der Waals surface area (Å²) in [6.45, 7) is 2.57. The van der Waals surface area contributed by atoms with Gasteiger partial charge in [-0.1, -0.05) is 0 Å². The first kappa shape index (κ1) is 11.4. The molecular formula is C9H17N3OS. The summed E-state index contributed by atoms with van der Waals surface area (Å²) in [5, 5.41) is 0. The Bertz CT molecular complexity index is 277. The summed E-state index contributed by atoms with van der Waals surface area (Å²) >= 11 is 1.81.